The van der Waals surface area contributed by atoms with Crippen molar-refractivity contribution in [2.45, 2.75) is 32.4 Å². The average Bonchev–Trinajstić information content (AvgIpc) is 3.32. The first-order valence-electron chi connectivity index (χ1n) is 8.93. The van der Waals surface area contributed by atoms with E-state index in [2.05, 4.69) is 4.98 Å². The van der Waals surface area contributed by atoms with Gasteiger partial charge in [0.25, 0.3) is 11.5 Å². The number of aryl methyl sites for hydroxylation is 1. The quantitative estimate of drug-likeness (QED) is 0.744. The number of hydrogen-bond donors (Lipinski definition) is 1. The number of carbonyl (C=O) groups excluding carboxylic acids is 1. The predicted octanol–water partition coefficient (Wildman–Crippen LogP) is 2.13. The molecule has 0 spiro atoms. The van der Waals surface area contributed by atoms with Crippen LogP contribution in [-0.4, -0.2) is 43.6 Å². The zero-order valence-electron chi connectivity index (χ0n) is 15.0. The lowest BCUT2D eigenvalue weighted by molar-refractivity contribution is 0.0720. The fraction of sp³-hybridized carbons (Fsp3) is 0.368. The van der Waals surface area contributed by atoms with Crippen LogP contribution in [0.1, 0.15) is 40.2 Å². The summed E-state index contributed by atoms with van der Waals surface area (Å²) in [4.78, 5) is 36.7. The van der Waals surface area contributed by atoms with Crippen LogP contribution in [0.15, 0.2) is 34.4 Å². The van der Waals surface area contributed by atoms with Crippen molar-refractivity contribution >= 4 is 28.1 Å². The monoisotopic (exact) mass is 384 g/mol. The first kappa shape index (κ1) is 17.8. The summed E-state index contributed by atoms with van der Waals surface area (Å²) in [6.45, 7) is 2.45. The number of carbonyl (C=O) groups is 1. The Hall–Kier alpha value is -2.58. The Morgan fingerprint density at radius 1 is 1.33 bits per heavy atom. The van der Waals surface area contributed by atoms with Crippen molar-refractivity contribution in [2.75, 3.05) is 13.2 Å². The topological polar surface area (TPSA) is 88.3 Å². The van der Waals surface area contributed by atoms with E-state index in [4.69, 9.17) is 4.98 Å². The van der Waals surface area contributed by atoms with Gasteiger partial charge in [0, 0.05) is 11.9 Å². The molecule has 0 radical (unpaired) electrons. The van der Waals surface area contributed by atoms with Gasteiger partial charge in [-0.2, -0.15) is 0 Å². The molecule has 1 atom stereocenters. The minimum Gasteiger partial charge on any atom is -0.395 e. The van der Waals surface area contributed by atoms with Crippen LogP contribution < -0.4 is 5.56 Å². The maximum Gasteiger partial charge on any atom is 0.273 e. The van der Waals surface area contributed by atoms with Gasteiger partial charge in [0.15, 0.2) is 0 Å². The molecule has 3 heterocycles. The smallest absolute Gasteiger partial charge is 0.273 e. The number of aliphatic hydroxyl groups is 1. The van der Waals surface area contributed by atoms with Crippen molar-refractivity contribution in [2.24, 2.45) is 0 Å². The Bertz CT molecular complexity index is 1060. The standard InChI is InChI=1S/C19H20N4O3S/c1-12-20-15(11-27-12)19(26)22-8-4-7-16(22)17-21-14-6-3-2-5-13(14)18(25)23(17)9-10-24/h2-3,5-6,11,16,24H,4,7-10H2,1H3. The van der Waals surface area contributed by atoms with Crippen LogP contribution in [0.4, 0.5) is 0 Å². The lowest BCUT2D eigenvalue weighted by Crippen LogP contribution is -2.36. The second kappa shape index (κ2) is 7.21. The molecule has 0 saturated carbocycles. The fourth-order valence-electron chi connectivity index (χ4n) is 3.64. The van der Waals surface area contributed by atoms with Gasteiger partial charge >= 0.3 is 0 Å². The third-order valence-corrected chi connectivity index (χ3v) is 5.64. The number of fused-ring (bicyclic) bond motifs is 1. The van der Waals surface area contributed by atoms with Crippen LogP contribution in [0.3, 0.4) is 0 Å². The molecule has 1 amide bonds. The first-order valence-corrected chi connectivity index (χ1v) is 9.81. The normalized spacial score (nSPS) is 17.0. The van der Waals surface area contributed by atoms with E-state index in [-0.39, 0.29) is 30.7 Å². The minimum absolute atomic E-state index is 0.139. The Morgan fingerprint density at radius 2 is 2.15 bits per heavy atom. The molecule has 0 aliphatic carbocycles. The number of aromatic nitrogens is 3. The van der Waals surface area contributed by atoms with Crippen LogP contribution in [-0.2, 0) is 6.54 Å². The molecule has 0 bridgehead atoms. The third-order valence-electron chi connectivity index (χ3n) is 4.86. The van der Waals surface area contributed by atoms with Gasteiger partial charge in [-0.15, -0.1) is 11.3 Å². The summed E-state index contributed by atoms with van der Waals surface area (Å²) in [5.74, 6) is 0.394. The van der Waals surface area contributed by atoms with Crippen molar-refractivity contribution in [3.63, 3.8) is 0 Å². The van der Waals surface area contributed by atoms with E-state index >= 15 is 0 Å². The SMILES string of the molecule is Cc1nc(C(=O)N2CCCC2c2nc3ccccc3c(=O)n2CCO)cs1. The van der Waals surface area contributed by atoms with Gasteiger partial charge in [-0.3, -0.25) is 14.2 Å². The number of thiazole rings is 1. The molecule has 3 aromatic rings. The summed E-state index contributed by atoms with van der Waals surface area (Å²) in [5, 5.41) is 12.6. The molecule has 1 N–H and O–H groups in total. The molecule has 1 aliphatic rings. The number of para-hydroxylation sites is 1. The molecular weight excluding hydrogens is 364 g/mol. The first-order chi connectivity index (χ1) is 13.1. The van der Waals surface area contributed by atoms with Gasteiger partial charge in [0.05, 0.1) is 35.1 Å². The average molecular weight is 384 g/mol. The minimum atomic E-state index is -0.302. The molecule has 1 fully saturated rings. The fourth-order valence-corrected chi connectivity index (χ4v) is 4.23. The summed E-state index contributed by atoms with van der Waals surface area (Å²) in [6.07, 6.45) is 1.56. The number of amides is 1. The van der Waals surface area contributed by atoms with Crippen molar-refractivity contribution in [1.29, 1.82) is 0 Å². The van der Waals surface area contributed by atoms with Crippen LogP contribution in [0.25, 0.3) is 10.9 Å². The zero-order chi connectivity index (χ0) is 19.0. The summed E-state index contributed by atoms with van der Waals surface area (Å²) in [6, 6.07) is 6.87. The van der Waals surface area contributed by atoms with Gasteiger partial charge in [0.2, 0.25) is 0 Å². The van der Waals surface area contributed by atoms with Gasteiger partial charge < -0.3 is 10.0 Å². The highest BCUT2D eigenvalue weighted by atomic mass is 32.1. The van der Waals surface area contributed by atoms with Crippen molar-refractivity contribution in [3.8, 4) is 0 Å². The van der Waals surface area contributed by atoms with Gasteiger partial charge in [-0.05, 0) is 31.9 Å². The summed E-state index contributed by atoms with van der Waals surface area (Å²) >= 11 is 1.44. The summed E-state index contributed by atoms with van der Waals surface area (Å²) in [5.41, 5.74) is 0.852. The molecule has 1 aromatic carbocycles. The number of likely N-dealkylation sites (tertiary alicyclic amines) is 1. The number of hydrogen-bond acceptors (Lipinski definition) is 6. The van der Waals surface area contributed by atoms with Crippen molar-refractivity contribution in [1.82, 2.24) is 19.4 Å². The molecule has 1 saturated heterocycles. The summed E-state index contributed by atoms with van der Waals surface area (Å²) in [7, 11) is 0. The Kier molecular flexibility index (Phi) is 4.75. The number of aliphatic hydroxyl groups excluding tert-OH is 1. The van der Waals surface area contributed by atoms with E-state index in [9.17, 15) is 14.7 Å². The highest BCUT2D eigenvalue weighted by molar-refractivity contribution is 7.09. The molecule has 4 rings (SSSR count). The molecule has 1 aliphatic heterocycles. The van der Waals surface area contributed by atoms with Crippen LogP contribution in [0.5, 0.6) is 0 Å². The lowest BCUT2D eigenvalue weighted by atomic mass is 10.1. The van der Waals surface area contributed by atoms with Crippen LogP contribution >= 0.6 is 11.3 Å². The highest BCUT2D eigenvalue weighted by Gasteiger charge is 2.34. The van der Waals surface area contributed by atoms with Crippen molar-refractivity contribution in [3.05, 3.63) is 56.5 Å². The molecule has 2 aromatic heterocycles. The molecule has 7 nitrogen and oxygen atoms in total. The van der Waals surface area contributed by atoms with E-state index in [0.29, 0.717) is 29.0 Å². The molecule has 1 unspecified atom stereocenters. The molecular formula is C19H20N4O3S. The van der Waals surface area contributed by atoms with Gasteiger partial charge in [-0.1, -0.05) is 12.1 Å². The Labute approximate surface area is 159 Å². The van der Waals surface area contributed by atoms with Crippen LogP contribution in [0, 0.1) is 6.92 Å². The molecule has 27 heavy (non-hydrogen) atoms. The Morgan fingerprint density at radius 3 is 2.89 bits per heavy atom. The van der Waals surface area contributed by atoms with E-state index in [1.54, 1.807) is 28.5 Å². The van der Waals surface area contributed by atoms with E-state index in [1.807, 2.05) is 13.0 Å². The third kappa shape index (κ3) is 3.15. The van der Waals surface area contributed by atoms with E-state index in [1.165, 1.54) is 15.9 Å². The van der Waals surface area contributed by atoms with Crippen molar-refractivity contribution < 1.29 is 9.90 Å². The van der Waals surface area contributed by atoms with E-state index in [0.717, 1.165) is 17.8 Å². The highest BCUT2D eigenvalue weighted by Crippen LogP contribution is 2.32. The second-order valence-electron chi connectivity index (χ2n) is 6.58. The largest absolute Gasteiger partial charge is 0.395 e. The van der Waals surface area contributed by atoms with E-state index < -0.39 is 0 Å². The zero-order valence-corrected chi connectivity index (χ0v) is 15.8. The van der Waals surface area contributed by atoms with Gasteiger partial charge in [-0.25, -0.2) is 9.97 Å². The molecule has 140 valence electrons. The maximum atomic E-state index is 13.0. The number of rotatable bonds is 4. The second-order valence-corrected chi connectivity index (χ2v) is 7.64. The number of nitrogens with zero attached hydrogens (tertiary/aromatic N) is 4. The predicted molar refractivity (Wildman–Crippen MR) is 103 cm³/mol. The number of benzene rings is 1. The Balaban J connectivity index is 1.81. The van der Waals surface area contributed by atoms with Crippen LogP contribution in [0.2, 0.25) is 0 Å². The molecule has 8 heteroatoms. The lowest BCUT2D eigenvalue weighted by Gasteiger charge is -2.26. The maximum absolute atomic E-state index is 13.0. The van der Waals surface area contributed by atoms with Gasteiger partial charge in [0.1, 0.15) is 11.5 Å². The summed E-state index contributed by atoms with van der Waals surface area (Å²) < 4.78 is 1.50.